The molecule has 1 heterocycles. The molecule has 20 heavy (non-hydrogen) atoms. The molecule has 0 radical (unpaired) electrons. The van der Waals surface area contributed by atoms with E-state index >= 15 is 0 Å². The Balaban J connectivity index is 2.31. The van der Waals surface area contributed by atoms with Crippen LogP contribution in [-0.2, 0) is 5.75 Å². The molecule has 0 aliphatic heterocycles. The maximum absolute atomic E-state index is 8.57. The van der Waals surface area contributed by atoms with Crippen molar-refractivity contribution in [1.82, 2.24) is 15.6 Å². The Kier molecular flexibility index (Phi) is 8.28. The van der Waals surface area contributed by atoms with E-state index in [0.717, 1.165) is 21.7 Å². The van der Waals surface area contributed by atoms with Gasteiger partial charge in [0.15, 0.2) is 6.19 Å². The van der Waals surface area contributed by atoms with Gasteiger partial charge in [0.2, 0.25) is 5.96 Å². The number of nitriles is 1. The number of pyridine rings is 1. The Hall–Kier alpha value is -1.70. The molecule has 1 rings (SSSR count). The van der Waals surface area contributed by atoms with Crippen LogP contribution >= 0.6 is 27.7 Å². The van der Waals surface area contributed by atoms with Crippen molar-refractivity contribution in [2.24, 2.45) is 4.99 Å². The van der Waals surface area contributed by atoms with Gasteiger partial charge < -0.3 is 5.32 Å². The third-order valence-electron chi connectivity index (χ3n) is 2.11. The third-order valence-corrected chi connectivity index (χ3v) is 3.78. The first-order valence-electron chi connectivity index (χ1n) is 5.82. The summed E-state index contributed by atoms with van der Waals surface area (Å²) in [7, 11) is 0. The number of nitrogens with one attached hydrogen (secondary N) is 2. The van der Waals surface area contributed by atoms with Crippen molar-refractivity contribution in [3.05, 3.63) is 28.5 Å². The first kappa shape index (κ1) is 16.4. The summed E-state index contributed by atoms with van der Waals surface area (Å²) in [6.07, 6.45) is 8.73. The van der Waals surface area contributed by atoms with Crippen LogP contribution in [-0.4, -0.2) is 29.8 Å². The van der Waals surface area contributed by atoms with Gasteiger partial charge in [-0.15, -0.1) is 6.42 Å². The molecule has 0 bridgehead atoms. The minimum Gasteiger partial charge on any atom is -0.345 e. The maximum atomic E-state index is 8.57. The monoisotopic (exact) mass is 351 g/mol. The minimum atomic E-state index is 0.335. The summed E-state index contributed by atoms with van der Waals surface area (Å²) in [4.78, 5) is 8.52. The standard InChI is InChI=1S/C13H14BrN5S/c1-2-5-17-13(19-10-15)18-7-8-20-9-12-11(14)4-3-6-16-12/h1,3-4,6H,5,7-9H2,(H2,17,18,19). The molecular formula is C13H14BrN5S. The van der Waals surface area contributed by atoms with Crippen molar-refractivity contribution >= 4 is 33.7 Å². The molecule has 0 spiro atoms. The van der Waals surface area contributed by atoms with E-state index < -0.39 is 0 Å². The number of aliphatic imine (C=N–C) groups is 1. The predicted molar refractivity (Wildman–Crippen MR) is 86.0 cm³/mol. The number of halogens is 1. The van der Waals surface area contributed by atoms with Gasteiger partial charge >= 0.3 is 0 Å². The molecule has 0 saturated heterocycles. The van der Waals surface area contributed by atoms with Gasteiger partial charge in [0.05, 0.1) is 18.8 Å². The van der Waals surface area contributed by atoms with Gasteiger partial charge in [-0.05, 0) is 28.1 Å². The normalized spacial score (nSPS) is 10.4. The summed E-state index contributed by atoms with van der Waals surface area (Å²) in [5, 5.41) is 13.9. The van der Waals surface area contributed by atoms with E-state index in [2.05, 4.69) is 42.5 Å². The van der Waals surface area contributed by atoms with Crippen molar-refractivity contribution in [3.63, 3.8) is 0 Å². The van der Waals surface area contributed by atoms with E-state index in [0.29, 0.717) is 19.0 Å². The number of rotatable bonds is 6. The maximum Gasteiger partial charge on any atom is 0.205 e. The fraction of sp³-hybridized carbons (Fsp3) is 0.308. The average molecular weight is 352 g/mol. The van der Waals surface area contributed by atoms with Crippen LogP contribution in [0, 0.1) is 23.8 Å². The van der Waals surface area contributed by atoms with Crippen LogP contribution in [0.3, 0.4) is 0 Å². The molecular weight excluding hydrogens is 338 g/mol. The highest BCUT2D eigenvalue weighted by molar-refractivity contribution is 9.10. The Morgan fingerprint density at radius 2 is 2.45 bits per heavy atom. The van der Waals surface area contributed by atoms with E-state index in [1.54, 1.807) is 18.0 Å². The molecule has 0 unspecified atom stereocenters. The van der Waals surface area contributed by atoms with Crippen LogP contribution in [0.2, 0.25) is 0 Å². The van der Waals surface area contributed by atoms with Gasteiger partial charge in [0.25, 0.3) is 0 Å². The fourth-order valence-electron chi connectivity index (χ4n) is 1.24. The molecule has 0 amide bonds. The van der Waals surface area contributed by atoms with Gasteiger partial charge in [-0.25, -0.2) is 0 Å². The van der Waals surface area contributed by atoms with Crippen molar-refractivity contribution in [3.8, 4) is 18.5 Å². The van der Waals surface area contributed by atoms with Crippen LogP contribution in [0.15, 0.2) is 27.8 Å². The summed E-state index contributed by atoms with van der Waals surface area (Å²) in [6, 6.07) is 3.86. The zero-order valence-electron chi connectivity index (χ0n) is 10.8. The molecule has 0 aliphatic carbocycles. The molecule has 104 valence electrons. The lowest BCUT2D eigenvalue weighted by Crippen LogP contribution is -2.34. The lowest BCUT2D eigenvalue weighted by Gasteiger charge is -2.05. The first-order chi connectivity index (χ1) is 9.77. The summed E-state index contributed by atoms with van der Waals surface area (Å²) >= 11 is 5.19. The molecule has 7 heteroatoms. The van der Waals surface area contributed by atoms with Crippen molar-refractivity contribution in [2.45, 2.75) is 5.75 Å². The topological polar surface area (TPSA) is 73.1 Å². The highest BCUT2D eigenvalue weighted by Gasteiger charge is 2.00. The van der Waals surface area contributed by atoms with Crippen LogP contribution in [0.25, 0.3) is 0 Å². The number of terminal acetylenes is 1. The van der Waals surface area contributed by atoms with Crippen LogP contribution in [0.4, 0.5) is 0 Å². The summed E-state index contributed by atoms with van der Waals surface area (Å²) in [5.74, 6) is 4.48. The summed E-state index contributed by atoms with van der Waals surface area (Å²) < 4.78 is 1.01. The van der Waals surface area contributed by atoms with Gasteiger partial charge in [-0.2, -0.15) is 17.0 Å². The molecule has 0 saturated carbocycles. The van der Waals surface area contributed by atoms with Gasteiger partial charge in [0, 0.05) is 22.2 Å². The molecule has 1 aromatic heterocycles. The second-order valence-corrected chi connectivity index (χ2v) is 5.47. The predicted octanol–water partition coefficient (Wildman–Crippen LogP) is 1.73. The Labute approximate surface area is 131 Å². The largest absolute Gasteiger partial charge is 0.345 e. The number of guanidine groups is 1. The molecule has 0 aliphatic rings. The van der Waals surface area contributed by atoms with Crippen molar-refractivity contribution < 1.29 is 0 Å². The Morgan fingerprint density at radius 1 is 1.60 bits per heavy atom. The van der Waals surface area contributed by atoms with Crippen molar-refractivity contribution in [2.75, 3.05) is 18.8 Å². The Bertz CT molecular complexity index is 532. The zero-order valence-corrected chi connectivity index (χ0v) is 13.2. The molecule has 0 aromatic carbocycles. The minimum absolute atomic E-state index is 0.335. The lowest BCUT2D eigenvalue weighted by atomic mass is 10.4. The molecule has 0 atom stereocenters. The second-order valence-electron chi connectivity index (χ2n) is 3.51. The van der Waals surface area contributed by atoms with Gasteiger partial charge in [-0.3, -0.25) is 15.3 Å². The lowest BCUT2D eigenvalue weighted by molar-refractivity contribution is 0.967. The first-order valence-corrected chi connectivity index (χ1v) is 7.76. The smallest absolute Gasteiger partial charge is 0.205 e. The molecule has 1 aromatic rings. The summed E-state index contributed by atoms with van der Waals surface area (Å²) in [5.41, 5.74) is 1.02. The SMILES string of the molecule is C#CCNC(=NCCSCc1ncccc1Br)NC#N. The van der Waals surface area contributed by atoms with Crippen molar-refractivity contribution in [1.29, 1.82) is 5.26 Å². The summed E-state index contributed by atoms with van der Waals surface area (Å²) in [6.45, 7) is 0.929. The number of hydrogen-bond acceptors (Lipinski definition) is 4. The van der Waals surface area contributed by atoms with E-state index in [1.165, 1.54) is 0 Å². The number of hydrogen-bond donors (Lipinski definition) is 2. The molecule has 2 N–H and O–H groups in total. The quantitative estimate of drug-likeness (QED) is 0.204. The fourth-order valence-corrected chi connectivity index (χ4v) is 2.61. The highest BCUT2D eigenvalue weighted by atomic mass is 79.9. The number of nitrogens with zero attached hydrogens (tertiary/aromatic N) is 3. The van der Waals surface area contributed by atoms with Crippen LogP contribution in [0.1, 0.15) is 5.69 Å². The van der Waals surface area contributed by atoms with Crippen LogP contribution < -0.4 is 10.6 Å². The Morgan fingerprint density at radius 3 is 3.15 bits per heavy atom. The van der Waals surface area contributed by atoms with Gasteiger partial charge in [0.1, 0.15) is 0 Å². The average Bonchev–Trinajstić information content (AvgIpc) is 2.46. The second kappa shape index (κ2) is 10.1. The van der Waals surface area contributed by atoms with E-state index in [4.69, 9.17) is 11.7 Å². The number of thioether (sulfide) groups is 1. The third kappa shape index (κ3) is 6.46. The van der Waals surface area contributed by atoms with Gasteiger partial charge in [-0.1, -0.05) is 5.92 Å². The van der Waals surface area contributed by atoms with E-state index in [-0.39, 0.29) is 0 Å². The number of aromatic nitrogens is 1. The van der Waals surface area contributed by atoms with E-state index in [9.17, 15) is 0 Å². The van der Waals surface area contributed by atoms with Crippen LogP contribution in [0.5, 0.6) is 0 Å². The highest BCUT2D eigenvalue weighted by Crippen LogP contribution is 2.18. The van der Waals surface area contributed by atoms with E-state index in [1.807, 2.05) is 18.3 Å². The molecule has 5 nitrogen and oxygen atoms in total. The molecule has 0 fully saturated rings. The zero-order chi connectivity index (χ0) is 14.6.